The largest absolute Gasteiger partial charge is 0.481 e. The van der Waals surface area contributed by atoms with Crippen molar-refractivity contribution < 1.29 is 17.9 Å². The highest BCUT2D eigenvalue weighted by molar-refractivity contribution is 7.90. The summed E-state index contributed by atoms with van der Waals surface area (Å²) in [6.45, 7) is 1.60. The van der Waals surface area contributed by atoms with Crippen LogP contribution in [-0.4, -0.2) is 26.7 Å². The summed E-state index contributed by atoms with van der Waals surface area (Å²) in [6, 6.07) is 12.7. The fraction of sp³-hybridized carbons (Fsp3) is 0.188. The van der Waals surface area contributed by atoms with E-state index in [9.17, 15) is 13.2 Å². The zero-order valence-corrected chi connectivity index (χ0v) is 14.2. The third-order valence-electron chi connectivity index (χ3n) is 3.03. The van der Waals surface area contributed by atoms with E-state index in [0.717, 1.165) is 6.26 Å². The molecule has 0 saturated heterocycles. The summed E-state index contributed by atoms with van der Waals surface area (Å²) >= 11 is 5.86. The highest BCUT2D eigenvalue weighted by Gasteiger charge is 2.15. The summed E-state index contributed by atoms with van der Waals surface area (Å²) in [7, 11) is -3.26. The number of benzene rings is 2. The van der Waals surface area contributed by atoms with E-state index in [1.807, 2.05) is 0 Å². The van der Waals surface area contributed by atoms with E-state index in [0.29, 0.717) is 16.5 Å². The molecule has 0 aliphatic heterocycles. The molecule has 0 fully saturated rings. The fourth-order valence-corrected chi connectivity index (χ4v) is 2.65. The maximum atomic E-state index is 12.1. The number of hydrogen-bond donors (Lipinski definition) is 1. The average molecular weight is 354 g/mol. The molecule has 122 valence electrons. The number of ether oxygens (including phenoxy) is 1. The molecule has 1 amide bonds. The summed E-state index contributed by atoms with van der Waals surface area (Å²) in [6.07, 6.45) is 0.377. The first kappa shape index (κ1) is 17.3. The smallest absolute Gasteiger partial charge is 0.265 e. The van der Waals surface area contributed by atoms with E-state index < -0.39 is 15.9 Å². The van der Waals surface area contributed by atoms with Gasteiger partial charge in [0.05, 0.1) is 4.90 Å². The first-order valence-electron chi connectivity index (χ1n) is 6.79. The molecule has 0 aliphatic rings. The topological polar surface area (TPSA) is 72.5 Å². The van der Waals surface area contributed by atoms with Gasteiger partial charge in [0.25, 0.3) is 5.91 Å². The Morgan fingerprint density at radius 1 is 1.17 bits per heavy atom. The second-order valence-corrected chi connectivity index (χ2v) is 7.46. The molecule has 2 rings (SSSR count). The Morgan fingerprint density at radius 2 is 1.83 bits per heavy atom. The zero-order valence-electron chi connectivity index (χ0n) is 12.6. The Hall–Kier alpha value is -2.05. The predicted molar refractivity (Wildman–Crippen MR) is 89.7 cm³/mol. The molecular formula is C16H16ClNO4S. The van der Waals surface area contributed by atoms with Crippen molar-refractivity contribution in [3.05, 3.63) is 53.6 Å². The first-order chi connectivity index (χ1) is 10.8. The number of sulfone groups is 1. The third-order valence-corrected chi connectivity index (χ3v) is 4.39. The van der Waals surface area contributed by atoms with Gasteiger partial charge in [-0.3, -0.25) is 4.79 Å². The van der Waals surface area contributed by atoms with Gasteiger partial charge in [0.2, 0.25) is 0 Å². The minimum absolute atomic E-state index is 0.195. The van der Waals surface area contributed by atoms with Crippen molar-refractivity contribution in [2.45, 2.75) is 17.9 Å². The molecule has 0 heterocycles. The Kier molecular flexibility index (Phi) is 5.28. The van der Waals surface area contributed by atoms with E-state index in [1.54, 1.807) is 31.2 Å². The molecule has 2 aromatic carbocycles. The minimum atomic E-state index is -3.26. The zero-order chi connectivity index (χ0) is 17.0. The highest BCUT2D eigenvalue weighted by atomic mass is 35.5. The monoisotopic (exact) mass is 353 g/mol. The van der Waals surface area contributed by atoms with E-state index in [-0.39, 0.29) is 10.8 Å². The van der Waals surface area contributed by atoms with Gasteiger partial charge < -0.3 is 10.1 Å². The van der Waals surface area contributed by atoms with Gasteiger partial charge >= 0.3 is 0 Å². The number of halogens is 1. The van der Waals surface area contributed by atoms with Crippen molar-refractivity contribution in [1.82, 2.24) is 0 Å². The predicted octanol–water partition coefficient (Wildman–Crippen LogP) is 3.15. The molecule has 0 aliphatic carbocycles. The summed E-state index contributed by atoms with van der Waals surface area (Å²) in [4.78, 5) is 12.3. The van der Waals surface area contributed by atoms with Gasteiger partial charge in [-0.25, -0.2) is 8.42 Å². The molecule has 0 bridgehead atoms. The lowest BCUT2D eigenvalue weighted by Gasteiger charge is -2.15. The van der Waals surface area contributed by atoms with Crippen molar-refractivity contribution in [3.8, 4) is 5.75 Å². The summed E-state index contributed by atoms with van der Waals surface area (Å²) < 4.78 is 28.3. The summed E-state index contributed by atoms with van der Waals surface area (Å²) in [5.41, 5.74) is 0.574. The summed E-state index contributed by atoms with van der Waals surface area (Å²) in [5, 5.41) is 3.22. The van der Waals surface area contributed by atoms with Gasteiger partial charge in [-0.2, -0.15) is 0 Å². The minimum Gasteiger partial charge on any atom is -0.481 e. The van der Waals surface area contributed by atoms with Crippen molar-refractivity contribution in [2.24, 2.45) is 0 Å². The van der Waals surface area contributed by atoms with Gasteiger partial charge in [-0.15, -0.1) is 0 Å². The van der Waals surface area contributed by atoms with E-state index in [2.05, 4.69) is 5.32 Å². The lowest BCUT2D eigenvalue weighted by molar-refractivity contribution is -0.122. The van der Waals surface area contributed by atoms with Crippen LogP contribution in [0.2, 0.25) is 5.02 Å². The quantitative estimate of drug-likeness (QED) is 0.896. The van der Waals surface area contributed by atoms with Crippen molar-refractivity contribution in [1.29, 1.82) is 0 Å². The van der Waals surface area contributed by atoms with E-state index >= 15 is 0 Å². The molecule has 1 unspecified atom stereocenters. The van der Waals surface area contributed by atoms with Crippen LogP contribution >= 0.6 is 11.6 Å². The van der Waals surface area contributed by atoms with E-state index in [4.69, 9.17) is 16.3 Å². The van der Waals surface area contributed by atoms with Crippen LogP contribution < -0.4 is 10.1 Å². The fourth-order valence-electron chi connectivity index (χ4n) is 1.83. The van der Waals surface area contributed by atoms with Gasteiger partial charge in [0.1, 0.15) is 5.75 Å². The molecule has 5 nitrogen and oxygen atoms in total. The second-order valence-electron chi connectivity index (χ2n) is 5.00. The number of rotatable bonds is 5. The van der Waals surface area contributed by atoms with Gasteiger partial charge in [0.15, 0.2) is 15.9 Å². The molecule has 2 aromatic rings. The van der Waals surface area contributed by atoms with Crippen LogP contribution in [0.4, 0.5) is 5.69 Å². The molecule has 0 aromatic heterocycles. The van der Waals surface area contributed by atoms with E-state index in [1.165, 1.54) is 24.3 Å². The number of nitrogens with one attached hydrogen (secondary N) is 1. The highest BCUT2D eigenvalue weighted by Crippen LogP contribution is 2.18. The molecule has 0 saturated carbocycles. The lowest BCUT2D eigenvalue weighted by atomic mass is 10.3. The molecule has 23 heavy (non-hydrogen) atoms. The first-order valence-corrected chi connectivity index (χ1v) is 9.06. The molecular weight excluding hydrogens is 338 g/mol. The SMILES string of the molecule is CC(Oc1ccc(S(C)(=O)=O)cc1)C(=O)Nc1cccc(Cl)c1. The van der Waals surface area contributed by atoms with Crippen LogP contribution in [0.15, 0.2) is 53.4 Å². The number of carbonyl (C=O) groups is 1. The lowest BCUT2D eigenvalue weighted by Crippen LogP contribution is -2.30. The molecule has 0 spiro atoms. The summed E-state index contributed by atoms with van der Waals surface area (Å²) in [5.74, 6) is 0.0746. The standard InChI is InChI=1S/C16H16ClNO4S/c1-11(16(19)18-13-5-3-4-12(17)10-13)22-14-6-8-15(9-7-14)23(2,20)21/h3-11H,1-2H3,(H,18,19). The Bertz CT molecular complexity index is 803. The maximum absolute atomic E-state index is 12.1. The van der Waals surface area contributed by atoms with Crippen molar-refractivity contribution >= 4 is 33.0 Å². The van der Waals surface area contributed by atoms with Gasteiger partial charge in [0, 0.05) is 17.0 Å². The Labute approximate surface area is 140 Å². The van der Waals surface area contributed by atoms with Crippen LogP contribution in [-0.2, 0) is 14.6 Å². The normalized spacial score (nSPS) is 12.5. The number of carbonyl (C=O) groups excluding carboxylic acids is 1. The van der Waals surface area contributed by atoms with Crippen LogP contribution in [0.25, 0.3) is 0 Å². The Balaban J connectivity index is 2.01. The van der Waals surface area contributed by atoms with Gasteiger partial charge in [-0.1, -0.05) is 17.7 Å². The average Bonchev–Trinajstić information content (AvgIpc) is 2.46. The molecule has 1 atom stereocenters. The molecule has 0 radical (unpaired) electrons. The maximum Gasteiger partial charge on any atom is 0.265 e. The number of hydrogen-bond acceptors (Lipinski definition) is 4. The van der Waals surface area contributed by atoms with Crippen LogP contribution in [0, 0.1) is 0 Å². The van der Waals surface area contributed by atoms with Crippen LogP contribution in [0.3, 0.4) is 0 Å². The van der Waals surface area contributed by atoms with Crippen molar-refractivity contribution in [3.63, 3.8) is 0 Å². The Morgan fingerprint density at radius 3 is 2.39 bits per heavy atom. The third kappa shape index (κ3) is 4.97. The molecule has 7 heteroatoms. The second kappa shape index (κ2) is 7.02. The van der Waals surface area contributed by atoms with Gasteiger partial charge in [-0.05, 0) is 49.4 Å². The van der Waals surface area contributed by atoms with Crippen LogP contribution in [0.1, 0.15) is 6.92 Å². The van der Waals surface area contributed by atoms with Crippen molar-refractivity contribution in [2.75, 3.05) is 11.6 Å². The number of anilines is 1. The number of amides is 1. The van der Waals surface area contributed by atoms with Crippen LogP contribution in [0.5, 0.6) is 5.75 Å². The molecule has 1 N–H and O–H groups in total.